The van der Waals surface area contributed by atoms with Gasteiger partial charge in [-0.25, -0.2) is 8.78 Å². The molecule has 0 spiro atoms. The van der Waals surface area contributed by atoms with Crippen molar-refractivity contribution in [2.75, 3.05) is 18.5 Å². The fraction of sp³-hybridized carbons (Fsp3) is 0.625. The van der Waals surface area contributed by atoms with Gasteiger partial charge in [-0.3, -0.25) is 0 Å². The lowest BCUT2D eigenvalue weighted by Gasteiger charge is -2.28. The monoisotopic (exact) mass is 282 g/mol. The highest BCUT2D eigenvalue weighted by Crippen LogP contribution is 2.37. The molecule has 1 aromatic rings. The van der Waals surface area contributed by atoms with Crippen LogP contribution in [0.15, 0.2) is 12.1 Å². The van der Waals surface area contributed by atoms with Crippen molar-refractivity contribution < 1.29 is 8.78 Å². The number of hydrogen-bond donors (Lipinski definition) is 1. The van der Waals surface area contributed by atoms with Crippen molar-refractivity contribution >= 4 is 5.69 Å². The first-order valence-corrected chi connectivity index (χ1v) is 7.46. The SMILES string of the molecule is CCCNCc1cc(F)c(N(C)C(C)C2CC2)c(F)c1. The molecule has 1 unspecified atom stereocenters. The molecule has 1 aromatic carbocycles. The van der Waals surface area contributed by atoms with Gasteiger partial charge < -0.3 is 10.2 Å². The Kier molecular flexibility index (Phi) is 4.97. The first-order valence-electron chi connectivity index (χ1n) is 7.46. The first kappa shape index (κ1) is 15.2. The summed E-state index contributed by atoms with van der Waals surface area (Å²) in [4.78, 5) is 1.74. The predicted molar refractivity (Wildman–Crippen MR) is 78.9 cm³/mol. The van der Waals surface area contributed by atoms with Crippen LogP contribution in [0.2, 0.25) is 0 Å². The highest BCUT2D eigenvalue weighted by molar-refractivity contribution is 5.51. The third-order valence-corrected chi connectivity index (χ3v) is 4.10. The van der Waals surface area contributed by atoms with Gasteiger partial charge in [-0.05, 0) is 56.3 Å². The van der Waals surface area contributed by atoms with Crippen molar-refractivity contribution in [3.05, 3.63) is 29.3 Å². The van der Waals surface area contributed by atoms with Gasteiger partial charge in [-0.2, -0.15) is 0 Å². The Morgan fingerprint density at radius 2 is 1.90 bits per heavy atom. The molecule has 1 aliphatic carbocycles. The molecule has 1 N–H and O–H groups in total. The quantitative estimate of drug-likeness (QED) is 0.767. The molecule has 0 bridgehead atoms. The molecule has 0 amide bonds. The molecule has 0 aliphatic heterocycles. The van der Waals surface area contributed by atoms with Crippen LogP contribution >= 0.6 is 0 Å². The van der Waals surface area contributed by atoms with E-state index in [-0.39, 0.29) is 11.7 Å². The number of anilines is 1. The molecule has 2 rings (SSSR count). The molecular weight excluding hydrogens is 258 g/mol. The van der Waals surface area contributed by atoms with Crippen LogP contribution in [0.4, 0.5) is 14.5 Å². The Hall–Kier alpha value is -1.16. The van der Waals surface area contributed by atoms with Crippen molar-refractivity contribution in [3.63, 3.8) is 0 Å². The van der Waals surface area contributed by atoms with E-state index in [0.717, 1.165) is 25.8 Å². The zero-order valence-corrected chi connectivity index (χ0v) is 12.5. The Morgan fingerprint density at radius 1 is 1.30 bits per heavy atom. The van der Waals surface area contributed by atoms with Crippen molar-refractivity contribution in [3.8, 4) is 0 Å². The summed E-state index contributed by atoms with van der Waals surface area (Å²) < 4.78 is 28.4. The lowest BCUT2D eigenvalue weighted by Crippen LogP contribution is -2.32. The van der Waals surface area contributed by atoms with E-state index < -0.39 is 11.6 Å². The highest BCUT2D eigenvalue weighted by Gasteiger charge is 2.32. The maximum Gasteiger partial charge on any atom is 0.149 e. The molecule has 0 radical (unpaired) electrons. The minimum atomic E-state index is -0.465. The Labute approximate surface area is 120 Å². The van der Waals surface area contributed by atoms with E-state index in [1.165, 1.54) is 12.1 Å². The summed E-state index contributed by atoms with van der Waals surface area (Å²) in [5.41, 5.74) is 0.758. The molecule has 0 saturated heterocycles. The van der Waals surface area contributed by atoms with Gasteiger partial charge in [0, 0.05) is 19.6 Å². The lowest BCUT2D eigenvalue weighted by molar-refractivity contribution is 0.539. The van der Waals surface area contributed by atoms with Crippen LogP contribution in [0.5, 0.6) is 0 Å². The van der Waals surface area contributed by atoms with Crippen LogP contribution in [0.3, 0.4) is 0 Å². The highest BCUT2D eigenvalue weighted by atomic mass is 19.1. The van der Waals surface area contributed by atoms with E-state index in [2.05, 4.69) is 12.2 Å². The van der Waals surface area contributed by atoms with Gasteiger partial charge in [-0.15, -0.1) is 0 Å². The van der Waals surface area contributed by atoms with E-state index >= 15 is 0 Å². The summed E-state index contributed by atoms with van der Waals surface area (Å²) in [6.07, 6.45) is 3.33. The van der Waals surface area contributed by atoms with Gasteiger partial charge in [-0.1, -0.05) is 6.92 Å². The van der Waals surface area contributed by atoms with Crippen molar-refractivity contribution in [2.24, 2.45) is 5.92 Å². The van der Waals surface area contributed by atoms with E-state index in [1.807, 2.05) is 6.92 Å². The molecule has 20 heavy (non-hydrogen) atoms. The van der Waals surface area contributed by atoms with Crippen LogP contribution < -0.4 is 10.2 Å². The topological polar surface area (TPSA) is 15.3 Å². The van der Waals surface area contributed by atoms with Crippen molar-refractivity contribution in [1.82, 2.24) is 5.32 Å². The molecule has 112 valence electrons. The molecule has 2 nitrogen and oxygen atoms in total. The van der Waals surface area contributed by atoms with E-state index in [1.54, 1.807) is 11.9 Å². The van der Waals surface area contributed by atoms with Crippen LogP contribution in [-0.2, 0) is 6.54 Å². The zero-order chi connectivity index (χ0) is 14.7. The second-order valence-electron chi connectivity index (χ2n) is 5.77. The number of rotatable bonds is 7. The van der Waals surface area contributed by atoms with Gasteiger partial charge in [0.2, 0.25) is 0 Å². The standard InChI is InChI=1S/C16H24F2N2/c1-4-7-19-10-12-8-14(17)16(15(18)9-12)20(3)11(2)13-5-6-13/h8-9,11,13,19H,4-7,10H2,1-3H3. The van der Waals surface area contributed by atoms with E-state index in [4.69, 9.17) is 0 Å². The van der Waals surface area contributed by atoms with Crippen molar-refractivity contribution in [2.45, 2.75) is 45.7 Å². The molecule has 4 heteroatoms. The fourth-order valence-electron chi connectivity index (χ4n) is 2.57. The van der Waals surface area contributed by atoms with E-state index in [9.17, 15) is 8.78 Å². The summed E-state index contributed by atoms with van der Waals surface area (Å²) in [7, 11) is 1.78. The van der Waals surface area contributed by atoms with Gasteiger partial charge in [0.1, 0.15) is 17.3 Å². The van der Waals surface area contributed by atoms with E-state index in [0.29, 0.717) is 18.0 Å². The smallest absolute Gasteiger partial charge is 0.149 e. The zero-order valence-electron chi connectivity index (χ0n) is 12.5. The van der Waals surface area contributed by atoms with Crippen LogP contribution in [0.25, 0.3) is 0 Å². The summed E-state index contributed by atoms with van der Waals surface area (Å²) in [5.74, 6) is -0.355. The summed E-state index contributed by atoms with van der Waals surface area (Å²) >= 11 is 0. The van der Waals surface area contributed by atoms with Crippen LogP contribution in [-0.4, -0.2) is 19.6 Å². The van der Waals surface area contributed by atoms with Gasteiger partial charge >= 0.3 is 0 Å². The summed E-state index contributed by atoms with van der Waals surface area (Å²) in [6.45, 7) is 5.45. The predicted octanol–water partition coefficient (Wildman–Crippen LogP) is 3.70. The second kappa shape index (κ2) is 6.53. The molecule has 1 saturated carbocycles. The van der Waals surface area contributed by atoms with Crippen LogP contribution in [0.1, 0.15) is 38.7 Å². The molecule has 1 fully saturated rings. The normalized spacial score (nSPS) is 16.2. The number of benzene rings is 1. The number of halogens is 2. The Balaban J connectivity index is 2.13. The largest absolute Gasteiger partial charge is 0.367 e. The third-order valence-electron chi connectivity index (χ3n) is 4.10. The van der Waals surface area contributed by atoms with Gasteiger partial charge in [0.05, 0.1) is 0 Å². The molecule has 1 aliphatic rings. The molecule has 0 heterocycles. The number of hydrogen-bond acceptors (Lipinski definition) is 2. The van der Waals surface area contributed by atoms with Gasteiger partial charge in [0.25, 0.3) is 0 Å². The molecule has 1 atom stereocenters. The Bertz CT molecular complexity index is 435. The second-order valence-corrected chi connectivity index (χ2v) is 5.77. The summed E-state index contributed by atoms with van der Waals surface area (Å²) in [5, 5.41) is 3.16. The molecular formula is C16H24F2N2. The lowest BCUT2D eigenvalue weighted by atomic mass is 10.1. The average Bonchev–Trinajstić information content (AvgIpc) is 3.21. The molecule has 0 aromatic heterocycles. The maximum absolute atomic E-state index is 14.2. The van der Waals surface area contributed by atoms with Crippen LogP contribution in [0, 0.1) is 17.6 Å². The number of nitrogens with zero attached hydrogens (tertiary/aromatic N) is 1. The third kappa shape index (κ3) is 3.48. The minimum Gasteiger partial charge on any atom is -0.367 e. The average molecular weight is 282 g/mol. The number of nitrogens with one attached hydrogen (secondary N) is 1. The fourth-order valence-corrected chi connectivity index (χ4v) is 2.57. The Morgan fingerprint density at radius 3 is 2.40 bits per heavy atom. The summed E-state index contributed by atoms with van der Waals surface area (Å²) in [6, 6.07) is 3.07. The van der Waals surface area contributed by atoms with Crippen molar-refractivity contribution in [1.29, 1.82) is 0 Å². The van der Waals surface area contributed by atoms with Gasteiger partial charge in [0.15, 0.2) is 0 Å². The maximum atomic E-state index is 14.2. The minimum absolute atomic E-state index is 0.101. The first-order chi connectivity index (χ1) is 9.54.